The molecule has 140 valence electrons. The maximum Gasteiger partial charge on any atom is 0.405 e. The van der Waals surface area contributed by atoms with Gasteiger partial charge in [0.2, 0.25) is 10.0 Å². The number of rotatable bonds is 3. The number of alkyl halides is 4. The molecule has 0 radical (unpaired) electrons. The fourth-order valence-electron chi connectivity index (χ4n) is 3.23. The van der Waals surface area contributed by atoms with E-state index in [4.69, 9.17) is 0 Å². The lowest BCUT2D eigenvalue weighted by Gasteiger charge is -2.31. The summed E-state index contributed by atoms with van der Waals surface area (Å²) in [6, 6.07) is 11.5. The summed E-state index contributed by atoms with van der Waals surface area (Å²) in [5.41, 5.74) is 1.40. The molecule has 3 atom stereocenters. The average Bonchev–Trinajstić information content (AvgIpc) is 2.94. The van der Waals surface area contributed by atoms with E-state index < -0.39 is 32.2 Å². The first-order valence-electron chi connectivity index (χ1n) is 7.98. The molecule has 0 spiro atoms. The number of sulfonamides is 1. The molecule has 1 aliphatic heterocycles. The second kappa shape index (κ2) is 7.12. The van der Waals surface area contributed by atoms with Crippen LogP contribution in [0.1, 0.15) is 23.6 Å². The van der Waals surface area contributed by atoms with Crippen LogP contribution in [-0.4, -0.2) is 28.9 Å². The Morgan fingerprint density at radius 2 is 1.62 bits per heavy atom. The summed E-state index contributed by atoms with van der Waals surface area (Å²) in [7, 11) is -4.31. The molecule has 2 aromatic rings. The van der Waals surface area contributed by atoms with E-state index in [0.29, 0.717) is 9.87 Å². The molecule has 0 unspecified atom stereocenters. The highest BCUT2D eigenvalue weighted by Gasteiger charge is 2.57. The van der Waals surface area contributed by atoms with Gasteiger partial charge in [-0.1, -0.05) is 70.6 Å². The normalized spacial score (nSPS) is 24.7. The topological polar surface area (TPSA) is 37.4 Å². The zero-order valence-corrected chi connectivity index (χ0v) is 16.8. The Balaban J connectivity index is 2.14. The zero-order chi connectivity index (χ0) is 19.1. The van der Waals surface area contributed by atoms with Crippen LogP contribution < -0.4 is 0 Å². The Hall–Kier alpha value is -1.13. The van der Waals surface area contributed by atoms with Crippen LogP contribution in [0.25, 0.3) is 0 Å². The standard InChI is InChI=1S/C18H17F3INO2S/c1-12-7-9-14(10-8-12)26(24,25)23-16(18(19,20)21)11-15(22)17(23)13-5-3-2-4-6-13/h2-10,15-17H,11H2,1H3/t15-,16+,17+/m0/s1. The van der Waals surface area contributed by atoms with Gasteiger partial charge in [0, 0.05) is 3.92 Å². The van der Waals surface area contributed by atoms with Gasteiger partial charge in [-0.25, -0.2) is 8.42 Å². The van der Waals surface area contributed by atoms with Crippen molar-refractivity contribution in [2.24, 2.45) is 0 Å². The van der Waals surface area contributed by atoms with Crippen molar-refractivity contribution in [3.63, 3.8) is 0 Å². The molecule has 1 fully saturated rings. The predicted molar refractivity (Wildman–Crippen MR) is 102 cm³/mol. The molecule has 3 nitrogen and oxygen atoms in total. The zero-order valence-electron chi connectivity index (χ0n) is 13.8. The van der Waals surface area contributed by atoms with Gasteiger partial charge < -0.3 is 0 Å². The summed E-state index contributed by atoms with van der Waals surface area (Å²) in [6.45, 7) is 1.79. The van der Waals surface area contributed by atoms with Crippen LogP contribution in [0.4, 0.5) is 13.2 Å². The lowest BCUT2D eigenvalue weighted by Crippen LogP contribution is -2.45. The van der Waals surface area contributed by atoms with Crippen LogP contribution in [0, 0.1) is 6.92 Å². The highest BCUT2D eigenvalue weighted by Crippen LogP contribution is 2.48. The number of nitrogens with zero attached hydrogens (tertiary/aromatic N) is 1. The van der Waals surface area contributed by atoms with Gasteiger partial charge in [-0.2, -0.15) is 17.5 Å². The van der Waals surface area contributed by atoms with Gasteiger partial charge >= 0.3 is 6.18 Å². The van der Waals surface area contributed by atoms with Crippen LogP contribution >= 0.6 is 22.6 Å². The van der Waals surface area contributed by atoms with Crippen molar-refractivity contribution in [3.8, 4) is 0 Å². The van der Waals surface area contributed by atoms with Gasteiger partial charge in [0.25, 0.3) is 0 Å². The van der Waals surface area contributed by atoms with Gasteiger partial charge in [0.05, 0.1) is 10.9 Å². The third-order valence-electron chi connectivity index (χ3n) is 4.49. The quantitative estimate of drug-likeness (QED) is 0.451. The SMILES string of the molecule is Cc1ccc(S(=O)(=O)N2[C@H](c3ccccc3)[C@@H](I)C[C@@H]2C(F)(F)F)cc1. The number of benzene rings is 2. The van der Waals surface area contributed by atoms with Crippen molar-refractivity contribution in [3.05, 3.63) is 65.7 Å². The van der Waals surface area contributed by atoms with E-state index >= 15 is 0 Å². The molecule has 3 rings (SSSR count). The molecule has 0 saturated carbocycles. The number of aryl methyl sites for hydroxylation is 1. The van der Waals surface area contributed by atoms with Gasteiger partial charge in [-0.05, 0) is 31.0 Å². The fourth-order valence-corrected chi connectivity index (χ4v) is 6.53. The molecule has 1 heterocycles. The summed E-state index contributed by atoms with van der Waals surface area (Å²) < 4.78 is 67.5. The number of hydrogen-bond donors (Lipinski definition) is 0. The molecule has 1 aliphatic rings. The molecule has 1 saturated heterocycles. The van der Waals surface area contributed by atoms with E-state index in [1.54, 1.807) is 49.4 Å². The summed E-state index contributed by atoms with van der Waals surface area (Å²) in [4.78, 5) is -0.121. The molecular formula is C18H17F3INO2S. The lowest BCUT2D eigenvalue weighted by atomic mass is 10.1. The molecule has 0 amide bonds. The second-order valence-electron chi connectivity index (χ2n) is 6.31. The highest BCUT2D eigenvalue weighted by molar-refractivity contribution is 14.1. The molecule has 0 bridgehead atoms. The third-order valence-corrected chi connectivity index (χ3v) is 7.58. The summed E-state index contributed by atoms with van der Waals surface area (Å²) >= 11 is 1.93. The van der Waals surface area contributed by atoms with Crippen LogP contribution in [-0.2, 0) is 10.0 Å². The Kier molecular flexibility index (Phi) is 5.38. The maximum absolute atomic E-state index is 13.7. The molecule has 26 heavy (non-hydrogen) atoms. The van der Waals surface area contributed by atoms with E-state index in [2.05, 4.69) is 0 Å². The molecular weight excluding hydrogens is 478 g/mol. The number of halogens is 4. The van der Waals surface area contributed by atoms with Crippen molar-refractivity contribution in [2.75, 3.05) is 0 Å². The third kappa shape index (κ3) is 3.63. The Morgan fingerprint density at radius 1 is 1.04 bits per heavy atom. The van der Waals surface area contributed by atoms with Crippen LogP contribution in [0.2, 0.25) is 0 Å². The second-order valence-corrected chi connectivity index (χ2v) is 9.76. The minimum Gasteiger partial charge on any atom is -0.207 e. The largest absolute Gasteiger partial charge is 0.405 e. The van der Waals surface area contributed by atoms with E-state index in [1.807, 2.05) is 22.6 Å². The Labute approximate surface area is 164 Å². The lowest BCUT2D eigenvalue weighted by molar-refractivity contribution is -0.167. The van der Waals surface area contributed by atoms with Crippen molar-refractivity contribution < 1.29 is 21.6 Å². The first-order chi connectivity index (χ1) is 12.1. The van der Waals surface area contributed by atoms with Gasteiger partial charge in [0.15, 0.2) is 0 Å². The molecule has 0 aliphatic carbocycles. The molecule has 0 aromatic heterocycles. The summed E-state index contributed by atoms with van der Waals surface area (Å²) in [5, 5.41) is 0. The van der Waals surface area contributed by atoms with Crippen molar-refractivity contribution in [1.29, 1.82) is 0 Å². The van der Waals surface area contributed by atoms with Crippen molar-refractivity contribution in [1.82, 2.24) is 4.31 Å². The van der Waals surface area contributed by atoms with E-state index in [9.17, 15) is 21.6 Å². The first-order valence-corrected chi connectivity index (χ1v) is 10.7. The summed E-state index contributed by atoms with van der Waals surface area (Å²) in [6.07, 6.45) is -4.90. The van der Waals surface area contributed by atoms with E-state index in [-0.39, 0.29) is 11.3 Å². The van der Waals surface area contributed by atoms with Gasteiger partial charge in [-0.15, -0.1) is 0 Å². The smallest absolute Gasteiger partial charge is 0.207 e. The van der Waals surface area contributed by atoms with Gasteiger partial charge in [0.1, 0.15) is 6.04 Å². The highest BCUT2D eigenvalue weighted by atomic mass is 127. The number of hydrogen-bond acceptors (Lipinski definition) is 2. The van der Waals surface area contributed by atoms with Crippen molar-refractivity contribution in [2.45, 2.75) is 40.4 Å². The fraction of sp³-hybridized carbons (Fsp3) is 0.333. The van der Waals surface area contributed by atoms with E-state index in [0.717, 1.165) is 5.56 Å². The van der Waals surface area contributed by atoms with Crippen molar-refractivity contribution >= 4 is 32.6 Å². The van der Waals surface area contributed by atoms with Crippen LogP contribution in [0.15, 0.2) is 59.5 Å². The predicted octanol–water partition coefficient (Wildman–Crippen LogP) is 4.87. The maximum atomic E-state index is 13.7. The van der Waals surface area contributed by atoms with Gasteiger partial charge in [-0.3, -0.25) is 0 Å². The Bertz CT molecular complexity index is 870. The van der Waals surface area contributed by atoms with Crippen LogP contribution in [0.3, 0.4) is 0 Å². The molecule has 8 heteroatoms. The monoisotopic (exact) mass is 495 g/mol. The van der Waals surface area contributed by atoms with Crippen LogP contribution in [0.5, 0.6) is 0 Å². The molecule has 2 aromatic carbocycles. The summed E-state index contributed by atoms with van der Waals surface area (Å²) in [5.74, 6) is 0. The average molecular weight is 495 g/mol. The first kappa shape index (κ1) is 19.6. The minimum absolute atomic E-state index is 0.121. The molecule has 0 N–H and O–H groups in total. The van der Waals surface area contributed by atoms with E-state index in [1.165, 1.54) is 12.1 Å². The minimum atomic E-state index is -4.63. The Morgan fingerprint density at radius 3 is 2.15 bits per heavy atom.